The number of carbonyl (C=O) groups excluding carboxylic acids is 2. The van der Waals surface area contributed by atoms with Gasteiger partial charge in [-0.15, -0.1) is 11.3 Å². The molecule has 0 saturated carbocycles. The number of anilines is 2. The molecule has 9 heteroatoms. The van der Waals surface area contributed by atoms with Crippen molar-refractivity contribution >= 4 is 46.1 Å². The van der Waals surface area contributed by atoms with Gasteiger partial charge in [-0.3, -0.25) is 9.59 Å². The molecular formula is C18H17ClN4O3S. The summed E-state index contributed by atoms with van der Waals surface area (Å²) in [7, 11) is 0. The van der Waals surface area contributed by atoms with E-state index >= 15 is 0 Å². The molecule has 0 unspecified atom stereocenters. The minimum atomic E-state index is -0.189. The number of nitrogens with one attached hydrogen (secondary N) is 2. The number of nitrogens with zero attached hydrogens (tertiary/aromatic N) is 2. The fraction of sp³-hybridized carbons (Fsp3) is 0.222. The van der Waals surface area contributed by atoms with Crippen molar-refractivity contribution in [1.29, 1.82) is 0 Å². The van der Waals surface area contributed by atoms with E-state index in [1.165, 1.54) is 18.3 Å². The van der Waals surface area contributed by atoms with Gasteiger partial charge in [0.1, 0.15) is 0 Å². The topological polar surface area (TPSA) is 97.1 Å². The number of carbonyl (C=O) groups is 2. The third kappa shape index (κ3) is 5.38. The number of aromatic nitrogens is 2. The van der Waals surface area contributed by atoms with Gasteiger partial charge in [0.25, 0.3) is 0 Å². The van der Waals surface area contributed by atoms with Gasteiger partial charge in [-0.05, 0) is 36.1 Å². The summed E-state index contributed by atoms with van der Waals surface area (Å²) in [5.74, 6) is 0.715. The Labute approximate surface area is 164 Å². The maximum atomic E-state index is 12.1. The molecular weight excluding hydrogens is 388 g/mol. The molecule has 7 nitrogen and oxygen atoms in total. The first kappa shape index (κ1) is 19.1. The van der Waals surface area contributed by atoms with Crippen LogP contribution in [-0.2, 0) is 16.0 Å². The predicted molar refractivity (Wildman–Crippen MR) is 105 cm³/mol. The van der Waals surface area contributed by atoms with E-state index in [1.807, 2.05) is 17.5 Å². The molecule has 0 atom stereocenters. The molecule has 0 bridgehead atoms. The van der Waals surface area contributed by atoms with E-state index in [0.717, 1.165) is 4.88 Å². The maximum absolute atomic E-state index is 12.1. The highest BCUT2D eigenvalue weighted by molar-refractivity contribution is 7.13. The van der Waals surface area contributed by atoms with E-state index in [-0.39, 0.29) is 11.8 Å². The average molecular weight is 405 g/mol. The molecule has 140 valence electrons. The molecule has 0 saturated heterocycles. The first-order valence-electron chi connectivity index (χ1n) is 8.25. The molecule has 3 aromatic rings. The van der Waals surface area contributed by atoms with Gasteiger partial charge in [0, 0.05) is 25.5 Å². The quantitative estimate of drug-likeness (QED) is 0.609. The normalized spacial score (nSPS) is 10.6. The Bertz CT molecular complexity index is 940. The highest BCUT2D eigenvalue weighted by atomic mass is 35.5. The third-order valence-electron chi connectivity index (χ3n) is 3.57. The van der Waals surface area contributed by atoms with Gasteiger partial charge < -0.3 is 15.2 Å². The van der Waals surface area contributed by atoms with Crippen LogP contribution in [-0.4, -0.2) is 22.0 Å². The number of halogens is 1. The molecule has 0 fully saturated rings. The number of hydrogen-bond acceptors (Lipinski definition) is 6. The van der Waals surface area contributed by atoms with Crippen molar-refractivity contribution in [3.05, 3.63) is 46.6 Å². The van der Waals surface area contributed by atoms with E-state index in [2.05, 4.69) is 20.8 Å². The van der Waals surface area contributed by atoms with Crippen molar-refractivity contribution in [1.82, 2.24) is 10.1 Å². The van der Waals surface area contributed by atoms with Crippen LogP contribution >= 0.6 is 22.9 Å². The third-order valence-corrected chi connectivity index (χ3v) is 4.75. The summed E-state index contributed by atoms with van der Waals surface area (Å²) in [5.41, 5.74) is 1.07. The molecule has 2 amide bonds. The Morgan fingerprint density at radius 3 is 2.81 bits per heavy atom. The molecule has 2 aromatic heterocycles. The average Bonchev–Trinajstić information content (AvgIpc) is 3.28. The van der Waals surface area contributed by atoms with Crippen LogP contribution in [0.1, 0.15) is 25.7 Å². The molecule has 0 aliphatic rings. The van der Waals surface area contributed by atoms with Gasteiger partial charge in [-0.2, -0.15) is 4.98 Å². The fourth-order valence-electron chi connectivity index (χ4n) is 2.37. The fourth-order valence-corrected chi connectivity index (χ4v) is 3.25. The number of rotatable bonds is 7. The summed E-state index contributed by atoms with van der Waals surface area (Å²) in [6, 6.07) is 8.76. The Hall–Kier alpha value is -2.71. The number of benzene rings is 1. The predicted octanol–water partition coefficient (Wildman–Crippen LogP) is 4.37. The zero-order valence-electron chi connectivity index (χ0n) is 14.5. The monoisotopic (exact) mass is 404 g/mol. The van der Waals surface area contributed by atoms with E-state index in [1.54, 1.807) is 18.2 Å². The highest BCUT2D eigenvalue weighted by Crippen LogP contribution is 2.26. The van der Waals surface area contributed by atoms with Crippen LogP contribution in [0.5, 0.6) is 0 Å². The molecule has 1 aromatic carbocycles. The van der Waals surface area contributed by atoms with Crippen LogP contribution in [0.2, 0.25) is 5.02 Å². The summed E-state index contributed by atoms with van der Waals surface area (Å²) in [6.07, 6.45) is 1.38. The van der Waals surface area contributed by atoms with Crippen molar-refractivity contribution in [3.8, 4) is 10.7 Å². The maximum Gasteiger partial charge on any atom is 0.226 e. The van der Waals surface area contributed by atoms with E-state index in [9.17, 15) is 9.59 Å². The zero-order valence-corrected chi connectivity index (χ0v) is 16.1. The molecule has 3 rings (SSSR count). The van der Waals surface area contributed by atoms with E-state index < -0.39 is 0 Å². The van der Waals surface area contributed by atoms with Crippen molar-refractivity contribution < 1.29 is 14.1 Å². The second-order valence-electron chi connectivity index (χ2n) is 5.77. The molecule has 0 aliphatic carbocycles. The zero-order chi connectivity index (χ0) is 19.2. The number of hydrogen-bond donors (Lipinski definition) is 2. The Morgan fingerprint density at radius 2 is 2.11 bits per heavy atom. The van der Waals surface area contributed by atoms with Gasteiger partial charge in [0.2, 0.25) is 23.5 Å². The van der Waals surface area contributed by atoms with E-state index in [0.29, 0.717) is 47.4 Å². The molecule has 2 N–H and O–H groups in total. The first-order chi connectivity index (χ1) is 13.0. The minimum absolute atomic E-state index is 0.165. The van der Waals surface area contributed by atoms with Crippen molar-refractivity contribution in [2.45, 2.75) is 26.2 Å². The summed E-state index contributed by atoms with van der Waals surface area (Å²) in [4.78, 5) is 28.4. The van der Waals surface area contributed by atoms with Crippen LogP contribution in [0.4, 0.5) is 11.4 Å². The lowest BCUT2D eigenvalue weighted by atomic mass is 10.2. The molecule has 2 heterocycles. The second kappa shape index (κ2) is 8.79. The Balaban J connectivity index is 1.48. The SMILES string of the molecule is CC(=O)Nc1ccc(NC(=O)CCCc2nc(-c3cccs3)no2)c(Cl)c1. The van der Waals surface area contributed by atoms with Crippen LogP contribution in [0.25, 0.3) is 10.7 Å². The number of amides is 2. The Kier molecular flexibility index (Phi) is 6.20. The van der Waals surface area contributed by atoms with E-state index in [4.69, 9.17) is 16.1 Å². The van der Waals surface area contributed by atoms with Crippen LogP contribution in [0.15, 0.2) is 40.2 Å². The lowest BCUT2D eigenvalue weighted by Gasteiger charge is -2.09. The number of aryl methyl sites for hydroxylation is 1. The molecule has 0 radical (unpaired) electrons. The lowest BCUT2D eigenvalue weighted by molar-refractivity contribution is -0.116. The van der Waals surface area contributed by atoms with Gasteiger partial charge in [-0.25, -0.2) is 0 Å². The minimum Gasteiger partial charge on any atom is -0.339 e. The largest absolute Gasteiger partial charge is 0.339 e. The molecule has 27 heavy (non-hydrogen) atoms. The summed E-state index contributed by atoms with van der Waals surface area (Å²) < 4.78 is 5.21. The van der Waals surface area contributed by atoms with Crippen molar-refractivity contribution in [2.24, 2.45) is 0 Å². The standard InChI is InChI=1S/C18H17ClN4O3S/c1-11(24)20-12-7-8-14(13(19)10-12)21-16(25)5-2-6-17-22-18(23-26-17)15-4-3-9-27-15/h3-4,7-10H,2,5-6H2,1H3,(H,20,24)(H,21,25). The van der Waals surface area contributed by atoms with Gasteiger partial charge >= 0.3 is 0 Å². The van der Waals surface area contributed by atoms with Crippen molar-refractivity contribution in [3.63, 3.8) is 0 Å². The highest BCUT2D eigenvalue weighted by Gasteiger charge is 2.11. The smallest absolute Gasteiger partial charge is 0.226 e. The van der Waals surface area contributed by atoms with Gasteiger partial charge in [0.15, 0.2) is 0 Å². The molecule has 0 aliphatic heterocycles. The lowest BCUT2D eigenvalue weighted by Crippen LogP contribution is -2.12. The summed E-state index contributed by atoms with van der Waals surface area (Å²) in [5, 5.41) is 11.6. The van der Waals surface area contributed by atoms with Crippen molar-refractivity contribution in [2.75, 3.05) is 10.6 Å². The van der Waals surface area contributed by atoms with Crippen LogP contribution < -0.4 is 10.6 Å². The summed E-state index contributed by atoms with van der Waals surface area (Å²) >= 11 is 7.68. The summed E-state index contributed by atoms with van der Waals surface area (Å²) in [6.45, 7) is 1.41. The van der Waals surface area contributed by atoms with Gasteiger partial charge in [-0.1, -0.05) is 22.8 Å². The number of thiophene rings is 1. The molecule has 0 spiro atoms. The van der Waals surface area contributed by atoms with Crippen LogP contribution in [0, 0.1) is 0 Å². The first-order valence-corrected chi connectivity index (χ1v) is 9.50. The Morgan fingerprint density at radius 1 is 1.26 bits per heavy atom. The second-order valence-corrected chi connectivity index (χ2v) is 7.12. The van der Waals surface area contributed by atoms with Crippen LogP contribution in [0.3, 0.4) is 0 Å². The van der Waals surface area contributed by atoms with Gasteiger partial charge in [0.05, 0.1) is 15.6 Å².